The van der Waals surface area contributed by atoms with E-state index in [9.17, 15) is 14.9 Å². The molecule has 0 aliphatic heterocycles. The summed E-state index contributed by atoms with van der Waals surface area (Å²) < 4.78 is 5.05. The predicted octanol–water partition coefficient (Wildman–Crippen LogP) is 4.36. The van der Waals surface area contributed by atoms with Crippen molar-refractivity contribution in [2.24, 2.45) is 5.92 Å². The van der Waals surface area contributed by atoms with Gasteiger partial charge in [0.05, 0.1) is 12.7 Å². The molecule has 0 N–H and O–H groups in total. The number of aryl methyl sites for hydroxylation is 2. The van der Waals surface area contributed by atoms with Crippen molar-refractivity contribution in [1.29, 1.82) is 5.26 Å². The average molecular weight is 349 g/mol. The summed E-state index contributed by atoms with van der Waals surface area (Å²) in [6.07, 6.45) is 0.0726. The molecule has 0 radical (unpaired) electrons. The average Bonchev–Trinajstić information content (AvgIpc) is 2.63. The molecule has 2 atom stereocenters. The number of benzene rings is 2. The van der Waals surface area contributed by atoms with Crippen LogP contribution in [0.4, 0.5) is 0 Å². The number of Topliss-reactive ketones (excluding diaryl/α,β-unsaturated/α-hetero) is 1. The van der Waals surface area contributed by atoms with E-state index in [4.69, 9.17) is 4.74 Å². The van der Waals surface area contributed by atoms with Crippen LogP contribution in [0.3, 0.4) is 0 Å². The lowest BCUT2D eigenvalue weighted by atomic mass is 9.81. The molecule has 0 aromatic heterocycles. The molecule has 0 aliphatic carbocycles. The highest BCUT2D eigenvalue weighted by atomic mass is 16.5. The first-order valence-electron chi connectivity index (χ1n) is 8.69. The van der Waals surface area contributed by atoms with Crippen molar-refractivity contribution >= 4 is 11.8 Å². The standard InChI is InChI=1S/C22H23NO3/c1-4-26-22(25)20(14-23)19(17-9-5-15(2)6-10-17)13-21(24)18-11-7-16(3)8-12-18/h5-12,19-20H,4,13H2,1-3H3. The van der Waals surface area contributed by atoms with Crippen LogP contribution in [0.1, 0.15) is 46.3 Å². The van der Waals surface area contributed by atoms with E-state index in [-0.39, 0.29) is 18.8 Å². The molecule has 0 fully saturated rings. The highest BCUT2D eigenvalue weighted by molar-refractivity contribution is 5.97. The van der Waals surface area contributed by atoms with Gasteiger partial charge in [-0.2, -0.15) is 5.26 Å². The maximum Gasteiger partial charge on any atom is 0.323 e. The highest BCUT2D eigenvalue weighted by Gasteiger charge is 2.32. The molecule has 0 amide bonds. The SMILES string of the molecule is CCOC(=O)C(C#N)C(CC(=O)c1ccc(C)cc1)c1ccc(C)cc1. The fourth-order valence-electron chi connectivity index (χ4n) is 2.84. The number of nitriles is 1. The van der Waals surface area contributed by atoms with Crippen molar-refractivity contribution in [2.45, 2.75) is 33.1 Å². The molecule has 4 heteroatoms. The number of carbonyl (C=O) groups is 2. The molecule has 2 rings (SSSR count). The Hall–Kier alpha value is -2.93. The lowest BCUT2D eigenvalue weighted by molar-refractivity contribution is -0.146. The molecule has 134 valence electrons. The van der Waals surface area contributed by atoms with E-state index in [1.54, 1.807) is 19.1 Å². The summed E-state index contributed by atoms with van der Waals surface area (Å²) in [4.78, 5) is 25.0. The second kappa shape index (κ2) is 8.96. The molecule has 4 nitrogen and oxygen atoms in total. The van der Waals surface area contributed by atoms with Gasteiger partial charge in [-0.1, -0.05) is 59.7 Å². The van der Waals surface area contributed by atoms with Crippen molar-refractivity contribution in [1.82, 2.24) is 0 Å². The third-order valence-electron chi connectivity index (χ3n) is 4.37. The number of rotatable bonds is 7. The number of ether oxygens (including phenoxy) is 1. The zero-order valence-corrected chi connectivity index (χ0v) is 15.4. The van der Waals surface area contributed by atoms with Gasteiger partial charge in [0.25, 0.3) is 0 Å². The van der Waals surface area contributed by atoms with Crippen molar-refractivity contribution in [2.75, 3.05) is 6.61 Å². The number of esters is 1. The van der Waals surface area contributed by atoms with Gasteiger partial charge in [-0.15, -0.1) is 0 Å². The third kappa shape index (κ3) is 4.80. The summed E-state index contributed by atoms with van der Waals surface area (Å²) in [5, 5.41) is 9.57. The van der Waals surface area contributed by atoms with Crippen LogP contribution in [0.15, 0.2) is 48.5 Å². The van der Waals surface area contributed by atoms with E-state index in [2.05, 4.69) is 0 Å². The van der Waals surface area contributed by atoms with Gasteiger partial charge in [0.2, 0.25) is 0 Å². The second-order valence-corrected chi connectivity index (χ2v) is 6.37. The van der Waals surface area contributed by atoms with Gasteiger partial charge in [-0.3, -0.25) is 9.59 Å². The Morgan fingerprint density at radius 2 is 1.54 bits per heavy atom. The minimum Gasteiger partial charge on any atom is -0.465 e. The van der Waals surface area contributed by atoms with Crippen LogP contribution in [-0.4, -0.2) is 18.4 Å². The van der Waals surface area contributed by atoms with Crippen LogP contribution in [0.5, 0.6) is 0 Å². The molecule has 0 spiro atoms. The molecular weight excluding hydrogens is 326 g/mol. The number of nitrogens with zero attached hydrogens (tertiary/aromatic N) is 1. The number of carbonyl (C=O) groups excluding carboxylic acids is 2. The van der Waals surface area contributed by atoms with Gasteiger partial charge in [0, 0.05) is 17.9 Å². The quantitative estimate of drug-likeness (QED) is 0.550. The van der Waals surface area contributed by atoms with E-state index in [1.807, 2.05) is 56.3 Å². The van der Waals surface area contributed by atoms with Crippen molar-refractivity contribution < 1.29 is 14.3 Å². The number of hydrogen-bond acceptors (Lipinski definition) is 4. The fraction of sp³-hybridized carbons (Fsp3) is 0.318. The van der Waals surface area contributed by atoms with Gasteiger partial charge in [-0.25, -0.2) is 0 Å². The Morgan fingerprint density at radius 1 is 1.00 bits per heavy atom. The maximum atomic E-state index is 12.7. The summed E-state index contributed by atoms with van der Waals surface area (Å²) in [7, 11) is 0. The first-order valence-corrected chi connectivity index (χ1v) is 8.69. The fourth-order valence-corrected chi connectivity index (χ4v) is 2.84. The van der Waals surface area contributed by atoms with Gasteiger partial charge in [-0.05, 0) is 26.3 Å². The minimum atomic E-state index is -1.02. The smallest absolute Gasteiger partial charge is 0.323 e. The Morgan fingerprint density at radius 3 is 2.04 bits per heavy atom. The third-order valence-corrected chi connectivity index (χ3v) is 4.37. The Balaban J connectivity index is 2.34. The summed E-state index contributed by atoms with van der Waals surface area (Å²) in [5.74, 6) is -2.25. The second-order valence-electron chi connectivity index (χ2n) is 6.37. The molecule has 0 aliphatic rings. The summed E-state index contributed by atoms with van der Waals surface area (Å²) in [5.41, 5.74) is 3.50. The Bertz CT molecular complexity index is 801. The van der Waals surface area contributed by atoms with Crippen LogP contribution >= 0.6 is 0 Å². The molecular formula is C22H23NO3. The van der Waals surface area contributed by atoms with E-state index in [0.717, 1.165) is 16.7 Å². The maximum absolute atomic E-state index is 12.7. The van der Waals surface area contributed by atoms with Gasteiger partial charge < -0.3 is 4.74 Å². The summed E-state index contributed by atoms with van der Waals surface area (Å²) in [6.45, 7) is 5.81. The van der Waals surface area contributed by atoms with Crippen LogP contribution < -0.4 is 0 Å². The minimum absolute atomic E-state index is 0.0726. The van der Waals surface area contributed by atoms with Gasteiger partial charge in [0.15, 0.2) is 11.7 Å². The largest absolute Gasteiger partial charge is 0.465 e. The lowest BCUT2D eigenvalue weighted by Gasteiger charge is -2.21. The van der Waals surface area contributed by atoms with E-state index < -0.39 is 17.8 Å². The Labute approximate surface area is 154 Å². The number of hydrogen-bond donors (Lipinski definition) is 0. The molecule has 26 heavy (non-hydrogen) atoms. The predicted molar refractivity (Wildman–Crippen MR) is 99.8 cm³/mol. The summed E-state index contributed by atoms with van der Waals surface area (Å²) >= 11 is 0. The van der Waals surface area contributed by atoms with E-state index in [1.165, 1.54) is 0 Å². The van der Waals surface area contributed by atoms with Crippen molar-refractivity contribution in [3.63, 3.8) is 0 Å². The van der Waals surface area contributed by atoms with Crippen LogP contribution in [0, 0.1) is 31.1 Å². The van der Waals surface area contributed by atoms with Crippen molar-refractivity contribution in [3.05, 3.63) is 70.8 Å². The van der Waals surface area contributed by atoms with E-state index in [0.29, 0.717) is 5.56 Å². The molecule has 2 aromatic rings. The molecule has 0 bridgehead atoms. The van der Waals surface area contributed by atoms with Crippen LogP contribution in [0.25, 0.3) is 0 Å². The lowest BCUT2D eigenvalue weighted by Crippen LogP contribution is -2.25. The summed E-state index contributed by atoms with van der Waals surface area (Å²) in [6, 6.07) is 16.9. The molecule has 2 unspecified atom stereocenters. The first kappa shape index (κ1) is 19.4. The molecule has 0 saturated heterocycles. The zero-order chi connectivity index (χ0) is 19.1. The normalized spacial score (nSPS) is 12.7. The van der Waals surface area contributed by atoms with Crippen molar-refractivity contribution in [3.8, 4) is 6.07 Å². The van der Waals surface area contributed by atoms with Crippen LogP contribution in [-0.2, 0) is 9.53 Å². The molecule has 2 aromatic carbocycles. The zero-order valence-electron chi connectivity index (χ0n) is 15.4. The van der Waals surface area contributed by atoms with Gasteiger partial charge >= 0.3 is 5.97 Å². The van der Waals surface area contributed by atoms with Gasteiger partial charge in [0.1, 0.15) is 0 Å². The highest BCUT2D eigenvalue weighted by Crippen LogP contribution is 2.31. The topological polar surface area (TPSA) is 67.2 Å². The molecule has 0 saturated carbocycles. The first-order chi connectivity index (χ1) is 12.5. The Kier molecular flexibility index (Phi) is 6.68. The van der Waals surface area contributed by atoms with Crippen LogP contribution in [0.2, 0.25) is 0 Å². The van der Waals surface area contributed by atoms with E-state index >= 15 is 0 Å². The molecule has 0 heterocycles. The number of ketones is 1. The monoisotopic (exact) mass is 349 g/mol.